The lowest BCUT2D eigenvalue weighted by molar-refractivity contribution is -0.227. The molecular weight excluding hydrogens is 294 g/mol. The molecule has 1 aliphatic heterocycles. The molecule has 1 saturated heterocycles. The van der Waals surface area contributed by atoms with E-state index in [1.807, 2.05) is 0 Å². The molecule has 1 aliphatic rings. The maximum Gasteiger partial charge on any atom is 0.406 e. The number of rotatable bonds is 3. The summed E-state index contributed by atoms with van der Waals surface area (Å²) < 4.78 is 75.5. The van der Waals surface area contributed by atoms with E-state index < -0.39 is 55.7 Å². The molecule has 1 fully saturated rings. The lowest BCUT2D eigenvalue weighted by atomic mass is 9.86. The van der Waals surface area contributed by atoms with Crippen molar-refractivity contribution in [1.29, 1.82) is 5.26 Å². The van der Waals surface area contributed by atoms with Crippen LogP contribution in [-0.2, 0) is 4.79 Å². The number of aliphatic carboxylic acids is 1. The molecule has 0 spiro atoms. The molecule has 0 aromatic rings. The first kappa shape index (κ1) is 16.6. The fourth-order valence-corrected chi connectivity index (χ4v) is 2.05. The van der Waals surface area contributed by atoms with Gasteiger partial charge in [0, 0.05) is 13.1 Å². The van der Waals surface area contributed by atoms with Crippen LogP contribution in [0.1, 0.15) is 6.42 Å². The van der Waals surface area contributed by atoms with E-state index in [1.165, 1.54) is 0 Å². The first-order valence-electron chi connectivity index (χ1n) is 5.43. The SMILES string of the molecule is N#CC(CN1CCC(C(=O)O)(C(F)(F)F)C1)C(F)(F)F. The van der Waals surface area contributed by atoms with Crippen molar-refractivity contribution in [3.8, 4) is 6.07 Å². The van der Waals surface area contributed by atoms with E-state index in [4.69, 9.17) is 10.4 Å². The van der Waals surface area contributed by atoms with Crippen LogP contribution in [0, 0.1) is 22.7 Å². The Labute approximate surface area is 109 Å². The number of carbonyl (C=O) groups is 1. The highest BCUT2D eigenvalue weighted by Crippen LogP contribution is 2.46. The van der Waals surface area contributed by atoms with Gasteiger partial charge in [-0.05, 0) is 13.0 Å². The normalized spacial score (nSPS) is 26.2. The summed E-state index contributed by atoms with van der Waals surface area (Å²) in [5.74, 6) is -4.56. The minimum Gasteiger partial charge on any atom is -0.481 e. The number of hydrogen-bond acceptors (Lipinski definition) is 3. The largest absolute Gasteiger partial charge is 0.481 e. The zero-order chi connectivity index (χ0) is 15.8. The topological polar surface area (TPSA) is 64.3 Å². The fraction of sp³-hybridized carbons (Fsp3) is 0.800. The molecule has 10 heteroatoms. The average Bonchev–Trinajstić information content (AvgIpc) is 2.68. The lowest BCUT2D eigenvalue weighted by Gasteiger charge is -2.28. The first-order chi connectivity index (χ1) is 8.94. The first-order valence-corrected chi connectivity index (χ1v) is 5.43. The Morgan fingerprint density at radius 1 is 1.35 bits per heavy atom. The van der Waals surface area contributed by atoms with Gasteiger partial charge >= 0.3 is 18.3 Å². The van der Waals surface area contributed by atoms with E-state index >= 15 is 0 Å². The van der Waals surface area contributed by atoms with Gasteiger partial charge in [-0.3, -0.25) is 4.79 Å². The Morgan fingerprint density at radius 2 is 1.90 bits per heavy atom. The molecule has 0 bridgehead atoms. The van der Waals surface area contributed by atoms with E-state index in [0.29, 0.717) is 4.90 Å². The molecule has 20 heavy (non-hydrogen) atoms. The number of nitriles is 1. The Hall–Kier alpha value is -1.50. The Kier molecular flexibility index (Phi) is 4.24. The van der Waals surface area contributed by atoms with Gasteiger partial charge in [0.05, 0.1) is 6.07 Å². The summed E-state index contributed by atoms with van der Waals surface area (Å²) in [4.78, 5) is 11.5. The van der Waals surface area contributed by atoms with Crippen LogP contribution in [0.15, 0.2) is 0 Å². The highest BCUT2D eigenvalue weighted by molar-refractivity contribution is 5.76. The maximum atomic E-state index is 12.8. The van der Waals surface area contributed by atoms with Gasteiger partial charge in [0.1, 0.15) is 0 Å². The molecule has 0 radical (unpaired) electrons. The number of carboxylic acid groups (broad SMARTS) is 1. The highest BCUT2D eigenvalue weighted by Gasteiger charge is 2.63. The van der Waals surface area contributed by atoms with E-state index in [0.717, 1.165) is 6.07 Å². The number of carboxylic acids is 1. The molecule has 1 rings (SSSR count). The third kappa shape index (κ3) is 2.98. The van der Waals surface area contributed by atoms with Crippen molar-refractivity contribution in [2.75, 3.05) is 19.6 Å². The van der Waals surface area contributed by atoms with Crippen molar-refractivity contribution in [1.82, 2.24) is 4.90 Å². The molecule has 0 saturated carbocycles. The molecule has 114 valence electrons. The van der Waals surface area contributed by atoms with Gasteiger partial charge in [-0.1, -0.05) is 0 Å². The zero-order valence-corrected chi connectivity index (χ0v) is 9.92. The van der Waals surface area contributed by atoms with Crippen LogP contribution in [0.5, 0.6) is 0 Å². The molecule has 1 heterocycles. The van der Waals surface area contributed by atoms with Crippen molar-refractivity contribution < 1.29 is 36.2 Å². The predicted molar refractivity (Wildman–Crippen MR) is 52.3 cm³/mol. The van der Waals surface area contributed by atoms with E-state index in [-0.39, 0.29) is 0 Å². The quantitative estimate of drug-likeness (QED) is 0.810. The summed E-state index contributed by atoms with van der Waals surface area (Å²) >= 11 is 0. The number of alkyl halides is 6. The summed E-state index contributed by atoms with van der Waals surface area (Å²) in [7, 11) is 0. The Balaban J connectivity index is 2.86. The summed E-state index contributed by atoms with van der Waals surface area (Å²) in [6, 6.07) is 0.969. The number of nitrogens with zero attached hydrogens (tertiary/aromatic N) is 2. The van der Waals surface area contributed by atoms with Gasteiger partial charge in [-0.2, -0.15) is 31.6 Å². The minimum absolute atomic E-state index is 0.458. The van der Waals surface area contributed by atoms with Crippen LogP contribution < -0.4 is 0 Å². The van der Waals surface area contributed by atoms with Crippen LogP contribution in [-0.4, -0.2) is 48.0 Å². The molecule has 1 N–H and O–H groups in total. The van der Waals surface area contributed by atoms with Crippen LogP contribution in [0.4, 0.5) is 26.3 Å². The highest BCUT2D eigenvalue weighted by atomic mass is 19.4. The van der Waals surface area contributed by atoms with E-state index in [1.54, 1.807) is 0 Å². The van der Waals surface area contributed by atoms with E-state index in [9.17, 15) is 31.1 Å². The molecular formula is C10H10F6N2O2. The van der Waals surface area contributed by atoms with Gasteiger partial charge < -0.3 is 10.0 Å². The van der Waals surface area contributed by atoms with Crippen LogP contribution in [0.3, 0.4) is 0 Å². The molecule has 4 nitrogen and oxygen atoms in total. The van der Waals surface area contributed by atoms with Crippen LogP contribution in [0.25, 0.3) is 0 Å². The van der Waals surface area contributed by atoms with Crippen LogP contribution in [0.2, 0.25) is 0 Å². The third-order valence-electron chi connectivity index (χ3n) is 3.29. The second-order valence-corrected chi connectivity index (χ2v) is 4.59. The Bertz CT molecular complexity index is 427. The fourth-order valence-electron chi connectivity index (χ4n) is 2.05. The van der Waals surface area contributed by atoms with Crippen molar-refractivity contribution in [2.45, 2.75) is 18.8 Å². The molecule has 2 atom stereocenters. The van der Waals surface area contributed by atoms with Gasteiger partial charge in [0.2, 0.25) is 0 Å². The number of halogens is 6. The minimum atomic E-state index is -5.06. The van der Waals surface area contributed by atoms with Crippen molar-refractivity contribution >= 4 is 5.97 Å². The van der Waals surface area contributed by atoms with E-state index in [2.05, 4.69) is 0 Å². The molecule has 0 aliphatic carbocycles. The van der Waals surface area contributed by atoms with Crippen molar-refractivity contribution in [3.63, 3.8) is 0 Å². The summed E-state index contributed by atoms with van der Waals surface area (Å²) in [5.41, 5.74) is -3.07. The van der Waals surface area contributed by atoms with Gasteiger partial charge in [-0.25, -0.2) is 0 Å². The monoisotopic (exact) mass is 304 g/mol. The molecule has 0 aromatic carbocycles. The summed E-state index contributed by atoms with van der Waals surface area (Å²) in [5, 5.41) is 17.1. The van der Waals surface area contributed by atoms with Gasteiger partial charge in [-0.15, -0.1) is 0 Å². The molecule has 0 aromatic heterocycles. The molecule has 2 unspecified atom stereocenters. The lowest BCUT2D eigenvalue weighted by Crippen LogP contribution is -2.47. The smallest absolute Gasteiger partial charge is 0.406 e. The second-order valence-electron chi connectivity index (χ2n) is 4.59. The number of likely N-dealkylation sites (tertiary alicyclic amines) is 1. The molecule has 0 amide bonds. The third-order valence-corrected chi connectivity index (χ3v) is 3.29. The average molecular weight is 304 g/mol. The zero-order valence-electron chi connectivity index (χ0n) is 9.92. The van der Waals surface area contributed by atoms with Crippen molar-refractivity contribution in [2.24, 2.45) is 11.3 Å². The number of hydrogen-bond donors (Lipinski definition) is 1. The van der Waals surface area contributed by atoms with Crippen molar-refractivity contribution in [3.05, 3.63) is 0 Å². The second kappa shape index (κ2) is 5.12. The van der Waals surface area contributed by atoms with Crippen LogP contribution >= 0.6 is 0 Å². The standard InChI is InChI=1S/C10H10F6N2O2/c11-9(12,13)6(3-17)4-18-2-1-8(5-18,7(19)20)10(14,15)16/h6H,1-2,4-5H2,(H,19,20). The Morgan fingerprint density at radius 3 is 2.20 bits per heavy atom. The van der Waals surface area contributed by atoms with Gasteiger partial charge in [0.25, 0.3) is 0 Å². The summed E-state index contributed by atoms with van der Waals surface area (Å²) in [6.45, 7) is -2.51. The predicted octanol–water partition coefficient (Wildman–Crippen LogP) is 2.03. The summed E-state index contributed by atoms with van der Waals surface area (Å²) in [6.07, 6.45) is -10.8. The van der Waals surface area contributed by atoms with Gasteiger partial charge in [0.15, 0.2) is 11.3 Å². The maximum absolute atomic E-state index is 12.8.